The van der Waals surface area contributed by atoms with E-state index in [2.05, 4.69) is 10.3 Å². The molecule has 0 aliphatic carbocycles. The van der Waals surface area contributed by atoms with Gasteiger partial charge in [0, 0.05) is 35.7 Å². The van der Waals surface area contributed by atoms with Crippen LogP contribution in [0, 0.1) is 5.82 Å². The Balaban J connectivity index is 1.66. The molecule has 166 valence electrons. The summed E-state index contributed by atoms with van der Waals surface area (Å²) >= 11 is 7.64. The van der Waals surface area contributed by atoms with Gasteiger partial charge in [0.2, 0.25) is 0 Å². The molecule has 2 amide bonds. The van der Waals surface area contributed by atoms with Crippen molar-refractivity contribution < 1.29 is 23.8 Å². The molecule has 0 fully saturated rings. The zero-order chi connectivity index (χ0) is 22.7. The second-order valence-electron chi connectivity index (χ2n) is 7.12. The molecule has 0 saturated carbocycles. The Morgan fingerprint density at radius 2 is 2.12 bits per heavy atom. The Morgan fingerprint density at radius 3 is 2.91 bits per heavy atom. The van der Waals surface area contributed by atoms with Crippen LogP contribution >= 0.6 is 22.9 Å². The number of carboxylic acids is 1. The van der Waals surface area contributed by atoms with Crippen molar-refractivity contribution >= 4 is 34.9 Å². The molecule has 0 spiro atoms. The van der Waals surface area contributed by atoms with Gasteiger partial charge in [-0.1, -0.05) is 29.8 Å². The van der Waals surface area contributed by atoms with E-state index in [1.807, 2.05) is 0 Å². The molecule has 1 aliphatic rings. The number of urea groups is 1. The minimum absolute atomic E-state index is 0.0300. The molecule has 7 nitrogen and oxygen atoms in total. The molecule has 1 aliphatic heterocycles. The van der Waals surface area contributed by atoms with Crippen molar-refractivity contribution in [3.05, 3.63) is 80.5 Å². The summed E-state index contributed by atoms with van der Waals surface area (Å²) in [7, 11) is 0. The third kappa shape index (κ3) is 4.68. The number of fused-ring (bicyclic) bond motifs is 1. The standard InChI is InChI=1S/C22H19ClFN3O4S/c23-14-5-6-18(31-11-19(28)29)15(9-14)20-21-17(26-12-32-21)7-8-27(20)22(30)25-10-13-3-1-2-4-16(13)24/h1-6,9,12,20H,7-8,10-11H2,(H,25,30)(H,28,29). The lowest BCUT2D eigenvalue weighted by Crippen LogP contribution is -2.45. The third-order valence-electron chi connectivity index (χ3n) is 5.09. The maximum atomic E-state index is 14.0. The Kier molecular flexibility index (Phi) is 6.57. The van der Waals surface area contributed by atoms with Crippen LogP contribution in [0.1, 0.15) is 27.7 Å². The number of thiazole rings is 1. The number of amides is 2. The molecule has 1 unspecified atom stereocenters. The number of hydrogen-bond acceptors (Lipinski definition) is 5. The summed E-state index contributed by atoms with van der Waals surface area (Å²) in [5.41, 5.74) is 3.51. The van der Waals surface area contributed by atoms with E-state index in [1.165, 1.54) is 17.4 Å². The molecular weight excluding hydrogens is 457 g/mol. The summed E-state index contributed by atoms with van der Waals surface area (Å²) in [6.07, 6.45) is 0.564. The lowest BCUT2D eigenvalue weighted by atomic mass is 9.97. The highest BCUT2D eigenvalue weighted by molar-refractivity contribution is 7.09. The van der Waals surface area contributed by atoms with Crippen LogP contribution in [0.2, 0.25) is 5.02 Å². The quantitative estimate of drug-likeness (QED) is 0.556. The highest BCUT2D eigenvalue weighted by Gasteiger charge is 2.36. The van der Waals surface area contributed by atoms with E-state index in [-0.39, 0.29) is 12.6 Å². The number of ether oxygens (including phenoxy) is 1. The maximum Gasteiger partial charge on any atom is 0.341 e. The van der Waals surface area contributed by atoms with Gasteiger partial charge in [0.25, 0.3) is 0 Å². The highest BCUT2D eigenvalue weighted by atomic mass is 35.5. The maximum absolute atomic E-state index is 14.0. The number of hydrogen-bond donors (Lipinski definition) is 2. The number of nitrogens with one attached hydrogen (secondary N) is 1. The number of carbonyl (C=O) groups is 2. The SMILES string of the molecule is O=C(O)COc1ccc(Cl)cc1C1c2scnc2CCN1C(=O)NCc1ccccc1F. The van der Waals surface area contributed by atoms with E-state index in [9.17, 15) is 14.0 Å². The van der Waals surface area contributed by atoms with Crippen molar-refractivity contribution in [3.8, 4) is 5.75 Å². The van der Waals surface area contributed by atoms with Gasteiger partial charge >= 0.3 is 12.0 Å². The molecule has 2 heterocycles. The van der Waals surface area contributed by atoms with E-state index in [1.54, 1.807) is 46.8 Å². The first-order valence-electron chi connectivity index (χ1n) is 9.78. The number of carbonyl (C=O) groups excluding carboxylic acids is 1. The predicted molar refractivity (Wildman–Crippen MR) is 118 cm³/mol. The average Bonchev–Trinajstić information content (AvgIpc) is 3.25. The van der Waals surface area contributed by atoms with Gasteiger partial charge in [-0.05, 0) is 24.3 Å². The third-order valence-corrected chi connectivity index (χ3v) is 6.25. The normalized spacial score (nSPS) is 15.2. The second kappa shape index (κ2) is 9.54. The van der Waals surface area contributed by atoms with Gasteiger partial charge in [-0.3, -0.25) is 0 Å². The largest absolute Gasteiger partial charge is 0.482 e. The second-order valence-corrected chi connectivity index (χ2v) is 8.45. The smallest absolute Gasteiger partial charge is 0.341 e. The summed E-state index contributed by atoms with van der Waals surface area (Å²) in [5, 5.41) is 12.2. The van der Waals surface area contributed by atoms with Gasteiger partial charge in [-0.15, -0.1) is 11.3 Å². The van der Waals surface area contributed by atoms with Crippen molar-refractivity contribution in [3.63, 3.8) is 0 Å². The highest BCUT2D eigenvalue weighted by Crippen LogP contribution is 2.42. The van der Waals surface area contributed by atoms with Crippen LogP contribution in [-0.4, -0.2) is 40.1 Å². The molecule has 32 heavy (non-hydrogen) atoms. The van der Waals surface area contributed by atoms with Gasteiger partial charge in [0.15, 0.2) is 6.61 Å². The number of rotatable bonds is 6. The Morgan fingerprint density at radius 1 is 1.31 bits per heavy atom. The van der Waals surface area contributed by atoms with E-state index in [0.717, 1.165) is 10.6 Å². The van der Waals surface area contributed by atoms with Crippen molar-refractivity contribution in [1.82, 2.24) is 15.2 Å². The number of nitrogens with zero attached hydrogens (tertiary/aromatic N) is 2. The lowest BCUT2D eigenvalue weighted by Gasteiger charge is -2.36. The van der Waals surface area contributed by atoms with Crippen LogP contribution in [0.5, 0.6) is 5.75 Å². The van der Waals surface area contributed by atoms with Crippen LogP contribution in [0.3, 0.4) is 0 Å². The van der Waals surface area contributed by atoms with E-state index >= 15 is 0 Å². The topological polar surface area (TPSA) is 91.8 Å². The minimum atomic E-state index is -1.12. The molecule has 0 bridgehead atoms. The van der Waals surface area contributed by atoms with Gasteiger partial charge in [-0.2, -0.15) is 0 Å². The van der Waals surface area contributed by atoms with Crippen molar-refractivity contribution in [2.24, 2.45) is 0 Å². The molecule has 2 N–H and O–H groups in total. The molecule has 0 radical (unpaired) electrons. The van der Waals surface area contributed by atoms with E-state index in [4.69, 9.17) is 21.4 Å². The number of carboxylic acid groups (broad SMARTS) is 1. The van der Waals surface area contributed by atoms with E-state index < -0.39 is 24.4 Å². The Hall–Kier alpha value is -3.17. The molecule has 0 saturated heterocycles. The van der Waals surface area contributed by atoms with Gasteiger partial charge in [0.05, 0.1) is 22.1 Å². The molecule has 10 heteroatoms. The zero-order valence-corrected chi connectivity index (χ0v) is 18.3. The van der Waals surface area contributed by atoms with E-state index in [0.29, 0.717) is 34.9 Å². The molecule has 1 aromatic heterocycles. The molecule has 3 aromatic rings. The predicted octanol–water partition coefficient (Wildman–Crippen LogP) is 4.26. The summed E-state index contributed by atoms with van der Waals surface area (Å²) in [6, 6.07) is 10.1. The number of halogens is 2. The van der Waals surface area contributed by atoms with Crippen molar-refractivity contribution in [1.29, 1.82) is 0 Å². The fraction of sp³-hybridized carbons (Fsp3) is 0.227. The van der Waals surface area contributed by atoms with Crippen LogP contribution in [0.4, 0.5) is 9.18 Å². The van der Waals surface area contributed by atoms with Crippen LogP contribution < -0.4 is 10.1 Å². The Bertz CT molecular complexity index is 1160. The summed E-state index contributed by atoms with van der Waals surface area (Å²) in [5.74, 6) is -1.20. The first-order chi connectivity index (χ1) is 15.4. The van der Waals surface area contributed by atoms with Crippen LogP contribution in [-0.2, 0) is 17.8 Å². The first-order valence-corrected chi connectivity index (χ1v) is 11.0. The fourth-order valence-electron chi connectivity index (χ4n) is 3.63. The van der Waals surface area contributed by atoms with Gasteiger partial charge in [0.1, 0.15) is 11.6 Å². The fourth-order valence-corrected chi connectivity index (χ4v) is 4.78. The van der Waals surface area contributed by atoms with Crippen LogP contribution in [0.15, 0.2) is 48.0 Å². The van der Waals surface area contributed by atoms with Crippen molar-refractivity contribution in [2.45, 2.75) is 19.0 Å². The first kappa shape index (κ1) is 22.0. The Labute approximate surface area is 192 Å². The van der Waals surface area contributed by atoms with Crippen molar-refractivity contribution in [2.75, 3.05) is 13.2 Å². The number of aromatic nitrogens is 1. The minimum Gasteiger partial charge on any atom is -0.482 e. The molecule has 1 atom stereocenters. The summed E-state index contributed by atoms with van der Waals surface area (Å²) in [4.78, 5) is 31.1. The number of aliphatic carboxylic acids is 1. The summed E-state index contributed by atoms with van der Waals surface area (Å²) < 4.78 is 19.5. The van der Waals surface area contributed by atoms with Gasteiger partial charge in [-0.25, -0.2) is 19.0 Å². The van der Waals surface area contributed by atoms with Gasteiger partial charge < -0.3 is 20.1 Å². The average molecular weight is 476 g/mol. The van der Waals surface area contributed by atoms with Crippen LogP contribution in [0.25, 0.3) is 0 Å². The molecular formula is C22H19ClFN3O4S. The number of benzene rings is 2. The molecule has 4 rings (SSSR count). The summed E-state index contributed by atoms with van der Waals surface area (Å²) in [6.45, 7) is -0.131. The lowest BCUT2D eigenvalue weighted by molar-refractivity contribution is -0.139. The monoisotopic (exact) mass is 475 g/mol. The zero-order valence-electron chi connectivity index (χ0n) is 16.8. The molecule has 2 aromatic carbocycles.